The zero-order valence-corrected chi connectivity index (χ0v) is 30.0. The summed E-state index contributed by atoms with van der Waals surface area (Å²) in [6.45, 7) is 0. The van der Waals surface area contributed by atoms with E-state index in [1.165, 1.54) is 65.7 Å². The van der Waals surface area contributed by atoms with E-state index in [-0.39, 0.29) is 0 Å². The van der Waals surface area contributed by atoms with E-state index in [0.29, 0.717) is 5.82 Å². The molecule has 1 aliphatic carbocycles. The standard InChI is InChI=1S/C53H34N2/c1-4-18-36(19-5-1)52-54-47(34-48(55-52)51-42-26-13-11-20-37(42)33-38-32-31-35-17-10-12-25-41(35)49(38)51)44-28-16-30-46-50(44)43-27-14-15-29-45(43)53(46,39-21-6-2-7-22-39)40-23-8-3-9-24-40/h1-34H. The van der Waals surface area contributed by atoms with E-state index < -0.39 is 5.41 Å². The van der Waals surface area contributed by atoms with Crippen molar-refractivity contribution in [2.45, 2.75) is 5.41 Å². The molecule has 0 N–H and O–H groups in total. The molecule has 0 atom stereocenters. The molecule has 0 amide bonds. The van der Waals surface area contributed by atoms with Crippen LogP contribution in [0.3, 0.4) is 0 Å². The van der Waals surface area contributed by atoms with Gasteiger partial charge in [-0.2, -0.15) is 0 Å². The van der Waals surface area contributed by atoms with Gasteiger partial charge in [0.05, 0.1) is 16.8 Å². The maximum Gasteiger partial charge on any atom is 0.160 e. The van der Waals surface area contributed by atoms with Gasteiger partial charge in [0.25, 0.3) is 0 Å². The molecule has 9 aromatic carbocycles. The fraction of sp³-hybridized carbons (Fsp3) is 0.0189. The molecule has 11 rings (SSSR count). The second kappa shape index (κ2) is 12.5. The summed E-state index contributed by atoms with van der Waals surface area (Å²) in [5.74, 6) is 0.704. The monoisotopic (exact) mass is 698 g/mol. The average molecular weight is 699 g/mol. The Bertz CT molecular complexity index is 3040. The highest BCUT2D eigenvalue weighted by atomic mass is 14.9. The van der Waals surface area contributed by atoms with E-state index in [9.17, 15) is 0 Å². The van der Waals surface area contributed by atoms with Gasteiger partial charge in [0.1, 0.15) is 0 Å². The minimum absolute atomic E-state index is 0.507. The van der Waals surface area contributed by atoms with Crippen molar-refractivity contribution in [3.63, 3.8) is 0 Å². The highest BCUT2D eigenvalue weighted by Gasteiger charge is 2.46. The van der Waals surface area contributed by atoms with Crippen LogP contribution in [0.1, 0.15) is 22.3 Å². The molecule has 0 saturated carbocycles. The van der Waals surface area contributed by atoms with Gasteiger partial charge in [0, 0.05) is 16.7 Å². The fourth-order valence-electron chi connectivity index (χ4n) is 9.24. The van der Waals surface area contributed by atoms with Gasteiger partial charge in [-0.1, -0.05) is 194 Å². The normalized spacial score (nSPS) is 12.9. The topological polar surface area (TPSA) is 25.8 Å². The van der Waals surface area contributed by atoms with Crippen molar-refractivity contribution in [1.29, 1.82) is 0 Å². The number of hydrogen-bond acceptors (Lipinski definition) is 2. The van der Waals surface area contributed by atoms with Crippen molar-refractivity contribution in [2.24, 2.45) is 0 Å². The van der Waals surface area contributed by atoms with E-state index >= 15 is 0 Å². The largest absolute Gasteiger partial charge is 0.228 e. The predicted molar refractivity (Wildman–Crippen MR) is 228 cm³/mol. The van der Waals surface area contributed by atoms with Crippen LogP contribution >= 0.6 is 0 Å². The Morgan fingerprint density at radius 2 is 0.909 bits per heavy atom. The molecule has 1 heterocycles. The van der Waals surface area contributed by atoms with Gasteiger partial charge in [-0.15, -0.1) is 0 Å². The molecule has 2 nitrogen and oxygen atoms in total. The summed E-state index contributed by atoms with van der Waals surface area (Å²) in [4.78, 5) is 10.9. The third-order valence-electron chi connectivity index (χ3n) is 11.5. The van der Waals surface area contributed by atoms with Crippen LogP contribution in [0, 0.1) is 0 Å². The third-order valence-corrected chi connectivity index (χ3v) is 11.5. The van der Waals surface area contributed by atoms with Crippen LogP contribution in [0.4, 0.5) is 0 Å². The molecule has 0 unspecified atom stereocenters. The molecule has 256 valence electrons. The molecular weight excluding hydrogens is 665 g/mol. The Morgan fingerprint density at radius 3 is 1.67 bits per heavy atom. The predicted octanol–water partition coefficient (Wildman–Crippen LogP) is 13.3. The van der Waals surface area contributed by atoms with Crippen LogP contribution in [-0.4, -0.2) is 9.97 Å². The van der Waals surface area contributed by atoms with Gasteiger partial charge >= 0.3 is 0 Å². The first kappa shape index (κ1) is 31.4. The van der Waals surface area contributed by atoms with E-state index in [0.717, 1.165) is 28.1 Å². The highest BCUT2D eigenvalue weighted by Crippen LogP contribution is 2.58. The molecule has 1 aromatic heterocycles. The first-order valence-corrected chi connectivity index (χ1v) is 18.9. The van der Waals surface area contributed by atoms with Gasteiger partial charge in [0.2, 0.25) is 0 Å². The molecule has 10 aromatic rings. The lowest BCUT2D eigenvalue weighted by molar-refractivity contribution is 0.768. The first-order chi connectivity index (χ1) is 27.3. The maximum absolute atomic E-state index is 5.46. The summed E-state index contributed by atoms with van der Waals surface area (Å²) in [6.07, 6.45) is 0. The van der Waals surface area contributed by atoms with Crippen molar-refractivity contribution in [3.05, 3.63) is 229 Å². The summed E-state index contributed by atoms with van der Waals surface area (Å²) in [5.41, 5.74) is 12.0. The van der Waals surface area contributed by atoms with Crippen LogP contribution in [0.25, 0.3) is 77.3 Å². The number of aromatic nitrogens is 2. The lowest BCUT2D eigenvalue weighted by atomic mass is 9.67. The first-order valence-electron chi connectivity index (χ1n) is 18.9. The molecule has 0 bridgehead atoms. The number of benzene rings is 9. The van der Waals surface area contributed by atoms with E-state index in [4.69, 9.17) is 9.97 Å². The molecule has 0 spiro atoms. The smallest absolute Gasteiger partial charge is 0.160 e. The van der Waals surface area contributed by atoms with Gasteiger partial charge in [0.15, 0.2) is 5.82 Å². The van der Waals surface area contributed by atoms with Gasteiger partial charge in [-0.25, -0.2) is 9.97 Å². The third kappa shape index (κ3) is 4.75. The Hall–Kier alpha value is -7.16. The summed E-state index contributed by atoms with van der Waals surface area (Å²) in [6, 6.07) is 74.5. The quantitative estimate of drug-likeness (QED) is 0.132. The van der Waals surface area contributed by atoms with Crippen molar-refractivity contribution in [1.82, 2.24) is 9.97 Å². The Balaban J connectivity index is 1.26. The minimum Gasteiger partial charge on any atom is -0.228 e. The van der Waals surface area contributed by atoms with E-state index in [1.807, 2.05) is 6.07 Å². The SMILES string of the molecule is c1ccc(-c2nc(-c3cccc4c3-c3ccccc3C4(c3ccccc3)c3ccccc3)cc(-c3c4ccccc4cc4ccc5ccccc5c34)n2)cc1. The fourth-order valence-corrected chi connectivity index (χ4v) is 9.24. The van der Waals surface area contributed by atoms with Crippen molar-refractivity contribution in [2.75, 3.05) is 0 Å². The van der Waals surface area contributed by atoms with Gasteiger partial charge in [-0.05, 0) is 77.8 Å². The van der Waals surface area contributed by atoms with Crippen molar-refractivity contribution < 1.29 is 0 Å². The summed E-state index contributed by atoms with van der Waals surface area (Å²) < 4.78 is 0. The lowest BCUT2D eigenvalue weighted by Gasteiger charge is -2.33. The lowest BCUT2D eigenvalue weighted by Crippen LogP contribution is -2.28. The highest BCUT2D eigenvalue weighted by molar-refractivity contribution is 6.21. The van der Waals surface area contributed by atoms with E-state index in [1.54, 1.807) is 0 Å². The van der Waals surface area contributed by atoms with Gasteiger partial charge in [-0.3, -0.25) is 0 Å². The second-order valence-corrected chi connectivity index (χ2v) is 14.4. The molecule has 0 radical (unpaired) electrons. The molecule has 0 saturated heterocycles. The average Bonchev–Trinajstić information content (AvgIpc) is 3.57. The van der Waals surface area contributed by atoms with Crippen LogP contribution < -0.4 is 0 Å². The zero-order chi connectivity index (χ0) is 36.3. The zero-order valence-electron chi connectivity index (χ0n) is 30.0. The summed E-state index contributed by atoms with van der Waals surface area (Å²) in [7, 11) is 0. The number of nitrogens with zero attached hydrogens (tertiary/aromatic N) is 2. The van der Waals surface area contributed by atoms with Crippen LogP contribution in [0.15, 0.2) is 206 Å². The van der Waals surface area contributed by atoms with E-state index in [2.05, 4.69) is 200 Å². The molecule has 0 fully saturated rings. The molecule has 55 heavy (non-hydrogen) atoms. The molecular formula is C53H34N2. The van der Waals surface area contributed by atoms with Crippen molar-refractivity contribution >= 4 is 32.3 Å². The number of fused-ring (bicyclic) bond motifs is 7. The Morgan fingerprint density at radius 1 is 0.345 bits per heavy atom. The molecule has 0 aliphatic heterocycles. The summed E-state index contributed by atoms with van der Waals surface area (Å²) in [5, 5.41) is 7.18. The Kier molecular flexibility index (Phi) is 7.11. The number of rotatable bonds is 5. The van der Waals surface area contributed by atoms with Crippen LogP contribution in [0.2, 0.25) is 0 Å². The maximum atomic E-state index is 5.46. The Labute approximate surface area is 320 Å². The van der Waals surface area contributed by atoms with Gasteiger partial charge < -0.3 is 0 Å². The molecule has 2 heteroatoms. The van der Waals surface area contributed by atoms with Crippen LogP contribution in [-0.2, 0) is 5.41 Å². The summed E-state index contributed by atoms with van der Waals surface area (Å²) >= 11 is 0. The minimum atomic E-state index is -0.507. The second-order valence-electron chi connectivity index (χ2n) is 14.4. The van der Waals surface area contributed by atoms with Crippen LogP contribution in [0.5, 0.6) is 0 Å². The van der Waals surface area contributed by atoms with Crippen molar-refractivity contribution in [3.8, 4) is 45.0 Å². The molecule has 1 aliphatic rings. The number of hydrogen-bond donors (Lipinski definition) is 0.